The van der Waals surface area contributed by atoms with Crippen molar-refractivity contribution >= 4 is 51.2 Å². The molecule has 0 amide bonds. The Bertz CT molecular complexity index is 54.9. The minimum Gasteiger partial charge on any atom is -0.813 e. The fourth-order valence-electron chi connectivity index (χ4n) is 0.220. The van der Waals surface area contributed by atoms with Gasteiger partial charge in [-0.25, -0.2) is 0 Å². The number of rotatable bonds is 1. The predicted octanol–water partition coefficient (Wildman–Crippen LogP) is -0.461. The summed E-state index contributed by atoms with van der Waals surface area (Å²) in [6, 6.07) is 0. The Kier molecular flexibility index (Phi) is 4.35. The molecule has 43 valence electrons. The van der Waals surface area contributed by atoms with Crippen LogP contribution in [0.5, 0.6) is 0 Å². The molecule has 1 heterocycles. The molecule has 0 N–H and O–H groups in total. The molecule has 1 aliphatic rings. The van der Waals surface area contributed by atoms with Crippen LogP contribution in [-0.4, -0.2) is 40.7 Å². The van der Waals surface area contributed by atoms with E-state index in [2.05, 4.69) is 12.6 Å². The van der Waals surface area contributed by atoms with E-state index in [-0.39, 0.29) is 13.5 Å². The molecule has 2 atom stereocenters. The van der Waals surface area contributed by atoms with Crippen LogP contribution in [0.2, 0.25) is 0 Å². The normalized spacial score (nSPS) is 30.9. The summed E-state index contributed by atoms with van der Waals surface area (Å²) in [5.74, 6) is 0. The summed E-state index contributed by atoms with van der Waals surface area (Å²) in [6.45, 7) is 0.942. The van der Waals surface area contributed by atoms with Gasteiger partial charge in [0.2, 0.25) is 0 Å². The van der Waals surface area contributed by atoms with Gasteiger partial charge in [-0.2, -0.15) is 0 Å². The Hall–Kier alpha value is 1.56. The van der Waals surface area contributed by atoms with Crippen LogP contribution in [0, 0.1) is 0 Å². The summed E-state index contributed by atoms with van der Waals surface area (Å²) in [7, 11) is 0. The molecular weight excluding hydrogens is 325 g/mol. The van der Waals surface area contributed by atoms with Gasteiger partial charge in [0.15, 0.2) is 0 Å². The largest absolute Gasteiger partial charge is 0.813 e. The zero-order valence-electron chi connectivity index (χ0n) is 3.57. The molecule has 0 aromatic carbocycles. The molecule has 1 aliphatic heterocycles. The van der Waals surface area contributed by atoms with Gasteiger partial charge in [0.1, 0.15) is 0 Å². The van der Waals surface area contributed by atoms with E-state index in [1.807, 2.05) is 0 Å². The molecule has 2 unspecified atom stereocenters. The number of thiol groups is 2. The first-order chi connectivity index (χ1) is 2.80. The first-order valence-corrected chi connectivity index (χ1v) is 4.11. The van der Waals surface area contributed by atoms with Gasteiger partial charge in [0.05, 0.1) is 0 Å². The maximum atomic E-state index is 4.91. The second-order valence-electron chi connectivity index (χ2n) is 1.26. The summed E-state index contributed by atoms with van der Waals surface area (Å²) < 4.78 is 5.43. The van der Waals surface area contributed by atoms with E-state index in [1.165, 1.54) is 25.1 Å². The Morgan fingerprint density at radius 3 is 2.29 bits per heavy atom. The average molecular weight is 331 g/mol. The Morgan fingerprint density at radius 2 is 2.29 bits per heavy atom. The van der Waals surface area contributed by atoms with E-state index in [9.17, 15) is 0 Å². The third kappa shape index (κ3) is 3.19. The second kappa shape index (κ2) is 3.56. The summed E-state index contributed by atoms with van der Waals surface area (Å²) in [6.07, 6.45) is 0.503. The summed E-state index contributed by atoms with van der Waals surface area (Å²) in [5, 5.41) is 0. The fourth-order valence-corrected chi connectivity index (χ4v) is 1.00. The molecular formula is C3H6OPoS2-. The summed E-state index contributed by atoms with van der Waals surface area (Å²) in [4.78, 5) is 0. The molecule has 1 rings (SSSR count). The first kappa shape index (κ1) is 8.56. The summed E-state index contributed by atoms with van der Waals surface area (Å²) >= 11 is 5.68. The van der Waals surface area contributed by atoms with Crippen LogP contribution in [0.25, 0.3) is 0 Å². The number of hydrogen-bond acceptors (Lipinski definition) is 3. The minimum absolute atomic E-state index is 0. The molecule has 0 aromatic heterocycles. The SMILES string of the molecule is S[CH]([Po])C1CO1.[SH-]. The van der Waals surface area contributed by atoms with Crippen LogP contribution in [0.4, 0.5) is 0 Å². The van der Waals surface area contributed by atoms with Crippen LogP contribution in [0.3, 0.4) is 0 Å². The van der Waals surface area contributed by atoms with Crippen LogP contribution in [-0.2, 0) is 18.2 Å². The van der Waals surface area contributed by atoms with Crippen molar-refractivity contribution < 1.29 is 4.74 Å². The van der Waals surface area contributed by atoms with Crippen molar-refractivity contribution in [2.24, 2.45) is 0 Å². The third-order valence-electron chi connectivity index (χ3n) is 0.677. The number of ether oxygens (including phenoxy) is 1. The molecule has 1 fully saturated rings. The molecule has 7 heavy (non-hydrogen) atoms. The minimum atomic E-state index is 0. The van der Waals surface area contributed by atoms with Gasteiger partial charge >= 0.3 is 58.1 Å². The standard InChI is InChI=1S/C3H5OS.Po.H2S/c5-2-3-1-4-3;;/h2-3,5H,1H2;;1H2/p-1. The second-order valence-corrected chi connectivity index (χ2v) is 5.29. The number of hydrogen-bond donors (Lipinski definition) is 1. The van der Waals surface area contributed by atoms with Crippen molar-refractivity contribution in [1.82, 2.24) is 0 Å². The van der Waals surface area contributed by atoms with Gasteiger partial charge in [-0.15, -0.1) is 0 Å². The van der Waals surface area contributed by atoms with Crippen LogP contribution < -0.4 is 0 Å². The van der Waals surface area contributed by atoms with Crippen molar-refractivity contribution in [2.45, 2.75) is 9.01 Å². The molecule has 0 spiro atoms. The van der Waals surface area contributed by atoms with Crippen molar-refractivity contribution in [3.05, 3.63) is 0 Å². The smallest absolute Gasteiger partial charge is 0.813 e. The fraction of sp³-hybridized carbons (Fsp3) is 1.00. The molecule has 0 saturated carbocycles. The van der Waals surface area contributed by atoms with Gasteiger partial charge in [0, 0.05) is 0 Å². The predicted molar refractivity (Wildman–Crippen MR) is 37.0 cm³/mol. The van der Waals surface area contributed by atoms with E-state index >= 15 is 0 Å². The van der Waals surface area contributed by atoms with Gasteiger partial charge in [0.25, 0.3) is 0 Å². The molecule has 1 nitrogen and oxygen atoms in total. The zero-order chi connectivity index (χ0) is 4.57. The molecule has 0 aromatic rings. The summed E-state index contributed by atoms with van der Waals surface area (Å²) in [5.41, 5.74) is 0. The Morgan fingerprint density at radius 1 is 1.86 bits per heavy atom. The molecule has 1 saturated heterocycles. The van der Waals surface area contributed by atoms with Gasteiger partial charge in [-0.05, 0) is 0 Å². The van der Waals surface area contributed by atoms with E-state index in [4.69, 9.17) is 4.74 Å². The van der Waals surface area contributed by atoms with Crippen molar-refractivity contribution in [3.8, 4) is 0 Å². The quantitative estimate of drug-likeness (QED) is 0.397. The number of epoxide rings is 1. The monoisotopic (exact) mass is 331 g/mol. The molecule has 1 radical (unpaired) electrons. The van der Waals surface area contributed by atoms with Crippen LogP contribution >= 0.6 is 12.6 Å². The zero-order valence-corrected chi connectivity index (χ0v) is 8.54. The van der Waals surface area contributed by atoms with Crippen molar-refractivity contribution in [3.63, 3.8) is 0 Å². The van der Waals surface area contributed by atoms with E-state index < -0.39 is 0 Å². The van der Waals surface area contributed by atoms with Gasteiger partial charge in [-0.3, -0.25) is 0 Å². The third-order valence-corrected chi connectivity index (χ3v) is 2.19. The topological polar surface area (TPSA) is 12.5 Å². The van der Waals surface area contributed by atoms with E-state index in [0.29, 0.717) is 9.01 Å². The van der Waals surface area contributed by atoms with Gasteiger partial charge in [-0.1, -0.05) is 0 Å². The first-order valence-electron chi connectivity index (χ1n) is 1.76. The maximum Gasteiger partial charge on any atom is -0.813 e. The average Bonchev–Trinajstić information content (AvgIpc) is 2.06. The van der Waals surface area contributed by atoms with Gasteiger partial charge < -0.3 is 13.5 Å². The molecule has 4 heteroatoms. The van der Waals surface area contributed by atoms with Crippen molar-refractivity contribution in [1.29, 1.82) is 0 Å². The Balaban J connectivity index is 0.000000360. The van der Waals surface area contributed by atoms with E-state index in [1.54, 1.807) is 0 Å². The van der Waals surface area contributed by atoms with E-state index in [0.717, 1.165) is 6.61 Å². The van der Waals surface area contributed by atoms with Crippen LogP contribution in [0.15, 0.2) is 0 Å². The molecule has 0 bridgehead atoms. The maximum absolute atomic E-state index is 4.91. The van der Waals surface area contributed by atoms with Crippen molar-refractivity contribution in [2.75, 3.05) is 6.61 Å². The van der Waals surface area contributed by atoms with Crippen LogP contribution in [0.1, 0.15) is 0 Å². The molecule has 0 aliphatic carbocycles. The Labute approximate surface area is 71.2 Å².